The summed E-state index contributed by atoms with van der Waals surface area (Å²) in [6.07, 6.45) is 7.22. The number of ether oxygens (including phenoxy) is 1. The number of nitrogens with one attached hydrogen (secondary N) is 1. The maximum absolute atomic E-state index is 5.94. The van der Waals surface area contributed by atoms with Gasteiger partial charge in [-0.2, -0.15) is 11.3 Å². The highest BCUT2D eigenvalue weighted by Gasteiger charge is 2.56. The lowest BCUT2D eigenvalue weighted by Crippen LogP contribution is -2.62. The molecule has 2 nitrogen and oxygen atoms in total. The van der Waals surface area contributed by atoms with E-state index < -0.39 is 0 Å². The molecule has 1 aromatic rings. The summed E-state index contributed by atoms with van der Waals surface area (Å²) in [7, 11) is 0. The number of thiophene rings is 1. The molecule has 2 saturated carbocycles. The number of hydrogen-bond acceptors (Lipinski definition) is 3. The van der Waals surface area contributed by atoms with Crippen LogP contribution < -0.4 is 5.32 Å². The molecule has 0 amide bonds. The van der Waals surface area contributed by atoms with Gasteiger partial charge < -0.3 is 10.1 Å². The molecule has 1 heterocycles. The summed E-state index contributed by atoms with van der Waals surface area (Å²) in [5, 5.41) is 8.17. The monoisotopic (exact) mass is 265 g/mol. The van der Waals surface area contributed by atoms with Crippen molar-refractivity contribution in [3.8, 4) is 0 Å². The predicted octanol–water partition coefficient (Wildman–Crippen LogP) is 3.58. The Morgan fingerprint density at radius 1 is 1.44 bits per heavy atom. The van der Waals surface area contributed by atoms with E-state index in [1.807, 2.05) is 0 Å². The van der Waals surface area contributed by atoms with E-state index in [1.165, 1.54) is 37.7 Å². The van der Waals surface area contributed by atoms with Crippen LogP contribution in [0.15, 0.2) is 16.8 Å². The first kappa shape index (κ1) is 12.6. The Morgan fingerprint density at radius 2 is 2.28 bits per heavy atom. The van der Waals surface area contributed by atoms with Crippen LogP contribution in [0.3, 0.4) is 0 Å². The highest BCUT2D eigenvalue weighted by Crippen LogP contribution is 2.54. The fourth-order valence-electron chi connectivity index (χ4n) is 3.81. The van der Waals surface area contributed by atoms with E-state index in [-0.39, 0.29) is 0 Å². The zero-order valence-corrected chi connectivity index (χ0v) is 12.0. The molecule has 2 aliphatic rings. The van der Waals surface area contributed by atoms with Gasteiger partial charge in [0.15, 0.2) is 0 Å². The molecular weight excluding hydrogens is 242 g/mol. The summed E-state index contributed by atoms with van der Waals surface area (Å²) in [6.45, 7) is 4.01. The van der Waals surface area contributed by atoms with Crippen LogP contribution in [0.2, 0.25) is 0 Å². The Kier molecular flexibility index (Phi) is 3.73. The third-order valence-corrected chi connectivity index (χ3v) is 5.55. The SMILES string of the molecule is CCOC1CC(NCc2ccsc2)C12CCCC2. The van der Waals surface area contributed by atoms with Gasteiger partial charge in [-0.25, -0.2) is 0 Å². The maximum atomic E-state index is 5.94. The van der Waals surface area contributed by atoms with Crippen LogP contribution in [0.5, 0.6) is 0 Å². The molecule has 3 heteroatoms. The van der Waals surface area contributed by atoms with Crippen molar-refractivity contribution in [2.75, 3.05) is 6.61 Å². The van der Waals surface area contributed by atoms with Gasteiger partial charge in [0.1, 0.15) is 0 Å². The molecule has 2 fully saturated rings. The third kappa shape index (κ3) is 2.13. The fraction of sp³-hybridized carbons (Fsp3) is 0.733. The van der Waals surface area contributed by atoms with E-state index >= 15 is 0 Å². The zero-order chi connectivity index (χ0) is 12.4. The molecule has 2 aliphatic carbocycles. The minimum absolute atomic E-state index is 0.464. The summed E-state index contributed by atoms with van der Waals surface area (Å²) >= 11 is 1.78. The smallest absolute Gasteiger partial charge is 0.0661 e. The Hall–Kier alpha value is -0.380. The van der Waals surface area contributed by atoms with Gasteiger partial charge in [0, 0.05) is 24.6 Å². The van der Waals surface area contributed by atoms with Gasteiger partial charge in [0.05, 0.1) is 6.10 Å². The van der Waals surface area contributed by atoms with E-state index in [1.54, 1.807) is 11.3 Å². The van der Waals surface area contributed by atoms with Gasteiger partial charge in [0.25, 0.3) is 0 Å². The average molecular weight is 265 g/mol. The molecule has 0 radical (unpaired) electrons. The van der Waals surface area contributed by atoms with Gasteiger partial charge >= 0.3 is 0 Å². The van der Waals surface area contributed by atoms with E-state index in [9.17, 15) is 0 Å². The second-order valence-corrected chi connectivity index (χ2v) is 6.47. The molecule has 1 spiro atoms. The Bertz CT molecular complexity index is 370. The fourth-order valence-corrected chi connectivity index (χ4v) is 4.48. The highest BCUT2D eigenvalue weighted by molar-refractivity contribution is 7.07. The first-order chi connectivity index (χ1) is 8.85. The first-order valence-electron chi connectivity index (χ1n) is 7.21. The van der Waals surface area contributed by atoms with E-state index in [2.05, 4.69) is 29.1 Å². The molecule has 1 N–H and O–H groups in total. The van der Waals surface area contributed by atoms with Crippen molar-refractivity contribution in [2.24, 2.45) is 5.41 Å². The van der Waals surface area contributed by atoms with Gasteiger partial charge in [-0.3, -0.25) is 0 Å². The quantitative estimate of drug-likeness (QED) is 0.878. The molecule has 0 bridgehead atoms. The van der Waals surface area contributed by atoms with Crippen molar-refractivity contribution in [1.82, 2.24) is 5.32 Å². The highest BCUT2D eigenvalue weighted by atomic mass is 32.1. The molecule has 2 atom stereocenters. The van der Waals surface area contributed by atoms with Gasteiger partial charge in [-0.05, 0) is 48.6 Å². The zero-order valence-electron chi connectivity index (χ0n) is 11.2. The topological polar surface area (TPSA) is 21.3 Å². The van der Waals surface area contributed by atoms with E-state index in [0.29, 0.717) is 17.6 Å². The summed E-state index contributed by atoms with van der Waals surface area (Å²) < 4.78 is 5.94. The van der Waals surface area contributed by atoms with Crippen LogP contribution >= 0.6 is 11.3 Å². The summed E-state index contributed by atoms with van der Waals surface area (Å²) in [4.78, 5) is 0. The molecule has 0 saturated heterocycles. The minimum Gasteiger partial charge on any atom is -0.378 e. The average Bonchev–Trinajstić information content (AvgIpc) is 3.03. The van der Waals surface area contributed by atoms with Crippen molar-refractivity contribution >= 4 is 11.3 Å². The summed E-state index contributed by atoms with van der Waals surface area (Å²) in [6, 6.07) is 2.90. The second-order valence-electron chi connectivity index (χ2n) is 5.69. The molecule has 0 aliphatic heterocycles. The first-order valence-corrected chi connectivity index (χ1v) is 8.15. The van der Waals surface area contributed by atoms with Crippen molar-refractivity contribution < 1.29 is 4.74 Å². The van der Waals surface area contributed by atoms with Crippen molar-refractivity contribution in [3.05, 3.63) is 22.4 Å². The molecule has 2 unspecified atom stereocenters. The third-order valence-electron chi connectivity index (χ3n) is 4.82. The Labute approximate surface area is 114 Å². The minimum atomic E-state index is 0.464. The van der Waals surface area contributed by atoms with Crippen molar-refractivity contribution in [1.29, 1.82) is 0 Å². The lowest BCUT2D eigenvalue weighted by molar-refractivity contribution is -0.130. The van der Waals surface area contributed by atoms with E-state index in [4.69, 9.17) is 4.74 Å². The maximum Gasteiger partial charge on any atom is 0.0661 e. The van der Waals surface area contributed by atoms with Crippen LogP contribution in [0, 0.1) is 5.41 Å². The molecule has 3 rings (SSSR count). The standard InChI is InChI=1S/C15H23NOS/c1-2-17-14-9-13(15(14)6-3-4-7-15)16-10-12-5-8-18-11-12/h5,8,11,13-14,16H,2-4,6-7,9-10H2,1H3. The lowest BCUT2D eigenvalue weighted by atomic mass is 9.60. The molecule has 0 aromatic carbocycles. The van der Waals surface area contributed by atoms with Gasteiger partial charge in [0.2, 0.25) is 0 Å². The predicted molar refractivity (Wildman–Crippen MR) is 75.9 cm³/mol. The Balaban J connectivity index is 1.59. The molecular formula is C15H23NOS. The van der Waals surface area contributed by atoms with Crippen LogP contribution in [0.1, 0.15) is 44.6 Å². The van der Waals surface area contributed by atoms with Gasteiger partial charge in [-0.1, -0.05) is 12.8 Å². The number of hydrogen-bond donors (Lipinski definition) is 1. The molecule has 18 heavy (non-hydrogen) atoms. The summed E-state index contributed by atoms with van der Waals surface area (Å²) in [5.74, 6) is 0. The van der Waals surface area contributed by atoms with Crippen molar-refractivity contribution in [3.63, 3.8) is 0 Å². The van der Waals surface area contributed by atoms with Gasteiger partial charge in [-0.15, -0.1) is 0 Å². The van der Waals surface area contributed by atoms with Crippen LogP contribution in [-0.2, 0) is 11.3 Å². The second kappa shape index (κ2) is 5.32. The number of rotatable bonds is 5. The largest absolute Gasteiger partial charge is 0.378 e. The normalized spacial score (nSPS) is 29.6. The summed E-state index contributed by atoms with van der Waals surface area (Å²) in [5.41, 5.74) is 1.89. The molecule has 100 valence electrons. The van der Waals surface area contributed by atoms with Crippen molar-refractivity contribution in [2.45, 2.75) is 57.7 Å². The molecule has 1 aromatic heterocycles. The van der Waals surface area contributed by atoms with Crippen LogP contribution in [-0.4, -0.2) is 18.8 Å². The van der Waals surface area contributed by atoms with Crippen LogP contribution in [0.4, 0.5) is 0 Å². The van der Waals surface area contributed by atoms with Crippen LogP contribution in [0.25, 0.3) is 0 Å². The Morgan fingerprint density at radius 3 is 2.94 bits per heavy atom. The lowest BCUT2D eigenvalue weighted by Gasteiger charge is -2.54. The van der Waals surface area contributed by atoms with E-state index in [0.717, 1.165) is 13.2 Å².